The summed E-state index contributed by atoms with van der Waals surface area (Å²) in [6.45, 7) is 3.85. The molecule has 0 bridgehead atoms. The van der Waals surface area contributed by atoms with Crippen molar-refractivity contribution >= 4 is 0 Å². The molecule has 2 aliphatic rings. The Hall–Kier alpha value is -0.120. The first-order chi connectivity index (χ1) is 8.92. The molecule has 1 N–H and O–H groups in total. The molecule has 3 heteroatoms. The van der Waals surface area contributed by atoms with E-state index in [0.29, 0.717) is 6.10 Å². The molecule has 2 fully saturated rings. The van der Waals surface area contributed by atoms with E-state index in [1.807, 2.05) is 0 Å². The first-order valence-corrected chi connectivity index (χ1v) is 7.73. The Morgan fingerprint density at radius 2 is 1.94 bits per heavy atom. The van der Waals surface area contributed by atoms with Gasteiger partial charge in [0.1, 0.15) is 0 Å². The molecule has 3 nitrogen and oxygen atoms in total. The second-order valence-corrected chi connectivity index (χ2v) is 5.83. The van der Waals surface area contributed by atoms with Gasteiger partial charge in [0.05, 0.1) is 12.7 Å². The van der Waals surface area contributed by atoms with E-state index in [1.165, 1.54) is 44.9 Å². The van der Waals surface area contributed by atoms with Crippen LogP contribution in [0.15, 0.2) is 0 Å². The Balaban J connectivity index is 1.77. The van der Waals surface area contributed by atoms with Gasteiger partial charge in [-0.25, -0.2) is 0 Å². The number of methoxy groups -OCH3 is 1. The summed E-state index contributed by atoms with van der Waals surface area (Å²) in [5.41, 5.74) is 0. The van der Waals surface area contributed by atoms with E-state index in [2.05, 4.69) is 5.32 Å². The van der Waals surface area contributed by atoms with Crippen LogP contribution in [-0.2, 0) is 9.47 Å². The summed E-state index contributed by atoms with van der Waals surface area (Å²) >= 11 is 0. The van der Waals surface area contributed by atoms with Gasteiger partial charge >= 0.3 is 0 Å². The van der Waals surface area contributed by atoms with Gasteiger partial charge in [0.25, 0.3) is 0 Å². The highest BCUT2D eigenvalue weighted by Crippen LogP contribution is 2.34. The largest absolute Gasteiger partial charge is 0.383 e. The molecule has 1 saturated carbocycles. The van der Waals surface area contributed by atoms with Crippen LogP contribution < -0.4 is 5.32 Å². The summed E-state index contributed by atoms with van der Waals surface area (Å²) in [6, 6.07) is 0. The highest BCUT2D eigenvalue weighted by Gasteiger charge is 2.33. The van der Waals surface area contributed by atoms with E-state index in [9.17, 15) is 0 Å². The molecular formula is C15H29NO2. The van der Waals surface area contributed by atoms with Gasteiger partial charge in [-0.2, -0.15) is 0 Å². The molecule has 2 atom stereocenters. The Bertz CT molecular complexity index is 217. The maximum Gasteiger partial charge on any atom is 0.0643 e. The SMILES string of the molecule is COCCNCC1CCCOC1C1CCCCC1. The van der Waals surface area contributed by atoms with E-state index in [4.69, 9.17) is 9.47 Å². The van der Waals surface area contributed by atoms with Crippen LogP contribution in [0.1, 0.15) is 44.9 Å². The van der Waals surface area contributed by atoms with E-state index in [1.54, 1.807) is 7.11 Å². The summed E-state index contributed by atoms with van der Waals surface area (Å²) in [7, 11) is 1.76. The van der Waals surface area contributed by atoms with Crippen molar-refractivity contribution in [1.29, 1.82) is 0 Å². The van der Waals surface area contributed by atoms with Gasteiger partial charge in [-0.1, -0.05) is 19.3 Å². The lowest BCUT2D eigenvalue weighted by molar-refractivity contribution is -0.0680. The molecule has 0 radical (unpaired) electrons. The molecule has 1 saturated heterocycles. The Morgan fingerprint density at radius 1 is 1.11 bits per heavy atom. The molecule has 1 heterocycles. The highest BCUT2D eigenvalue weighted by atomic mass is 16.5. The van der Waals surface area contributed by atoms with Gasteiger partial charge in [-0.3, -0.25) is 0 Å². The van der Waals surface area contributed by atoms with Gasteiger partial charge < -0.3 is 14.8 Å². The van der Waals surface area contributed by atoms with Crippen molar-refractivity contribution in [3.05, 3.63) is 0 Å². The van der Waals surface area contributed by atoms with Crippen LogP contribution in [0.25, 0.3) is 0 Å². The van der Waals surface area contributed by atoms with Crippen LogP contribution in [0.2, 0.25) is 0 Å². The summed E-state index contributed by atoms with van der Waals surface area (Å²) in [4.78, 5) is 0. The summed E-state index contributed by atoms with van der Waals surface area (Å²) in [5, 5.41) is 3.52. The third-order valence-electron chi connectivity index (χ3n) is 4.50. The van der Waals surface area contributed by atoms with Crippen molar-refractivity contribution < 1.29 is 9.47 Å². The minimum absolute atomic E-state index is 0.522. The molecule has 106 valence electrons. The summed E-state index contributed by atoms with van der Waals surface area (Å²) < 4.78 is 11.2. The molecular weight excluding hydrogens is 226 g/mol. The van der Waals surface area contributed by atoms with Crippen molar-refractivity contribution in [2.45, 2.75) is 51.0 Å². The predicted octanol–water partition coefficient (Wildman–Crippen LogP) is 2.60. The van der Waals surface area contributed by atoms with Crippen LogP contribution in [0.3, 0.4) is 0 Å². The quantitative estimate of drug-likeness (QED) is 0.740. The van der Waals surface area contributed by atoms with Gasteiger partial charge in [0.15, 0.2) is 0 Å². The minimum atomic E-state index is 0.522. The van der Waals surface area contributed by atoms with Crippen molar-refractivity contribution in [1.82, 2.24) is 5.32 Å². The Labute approximate surface area is 112 Å². The number of nitrogens with one attached hydrogen (secondary N) is 1. The standard InChI is InChI=1S/C15H29NO2/c1-17-11-9-16-12-14-8-5-10-18-15(14)13-6-3-2-4-7-13/h13-16H,2-12H2,1H3. The first-order valence-electron chi connectivity index (χ1n) is 7.73. The Morgan fingerprint density at radius 3 is 2.72 bits per heavy atom. The monoisotopic (exact) mass is 255 g/mol. The lowest BCUT2D eigenvalue weighted by Crippen LogP contribution is -2.42. The number of hydrogen-bond acceptors (Lipinski definition) is 3. The van der Waals surface area contributed by atoms with Crippen molar-refractivity contribution in [3.63, 3.8) is 0 Å². The van der Waals surface area contributed by atoms with E-state index >= 15 is 0 Å². The zero-order valence-corrected chi connectivity index (χ0v) is 11.8. The normalized spacial score (nSPS) is 30.5. The second-order valence-electron chi connectivity index (χ2n) is 5.83. The van der Waals surface area contributed by atoms with E-state index in [-0.39, 0.29) is 0 Å². The number of ether oxygens (including phenoxy) is 2. The maximum atomic E-state index is 6.12. The third-order valence-corrected chi connectivity index (χ3v) is 4.50. The Kier molecular flexibility index (Phi) is 6.46. The van der Waals surface area contributed by atoms with Crippen molar-refractivity contribution in [3.8, 4) is 0 Å². The molecule has 1 aliphatic carbocycles. The van der Waals surface area contributed by atoms with Gasteiger partial charge in [0, 0.05) is 26.8 Å². The molecule has 0 spiro atoms. The fourth-order valence-electron chi connectivity index (χ4n) is 3.53. The average molecular weight is 255 g/mol. The zero-order valence-electron chi connectivity index (χ0n) is 11.8. The van der Waals surface area contributed by atoms with Gasteiger partial charge in [0.2, 0.25) is 0 Å². The summed E-state index contributed by atoms with van der Waals surface area (Å²) in [6.07, 6.45) is 10.1. The lowest BCUT2D eigenvalue weighted by atomic mass is 9.78. The van der Waals surface area contributed by atoms with Crippen molar-refractivity contribution in [2.24, 2.45) is 11.8 Å². The molecule has 1 aliphatic heterocycles. The van der Waals surface area contributed by atoms with Crippen LogP contribution in [-0.4, -0.2) is 39.5 Å². The smallest absolute Gasteiger partial charge is 0.0643 e. The molecule has 2 rings (SSSR count). The average Bonchev–Trinajstić information content (AvgIpc) is 2.45. The molecule has 0 amide bonds. The fraction of sp³-hybridized carbons (Fsp3) is 1.00. The molecule has 18 heavy (non-hydrogen) atoms. The van der Waals surface area contributed by atoms with Crippen LogP contribution in [0.5, 0.6) is 0 Å². The molecule has 0 aromatic heterocycles. The molecule has 2 unspecified atom stereocenters. The first kappa shape index (κ1) is 14.3. The second kappa shape index (κ2) is 8.13. The molecule has 0 aromatic carbocycles. The summed E-state index contributed by atoms with van der Waals surface area (Å²) in [5.74, 6) is 1.55. The fourth-order valence-corrected chi connectivity index (χ4v) is 3.53. The minimum Gasteiger partial charge on any atom is -0.383 e. The van der Waals surface area contributed by atoms with E-state index < -0.39 is 0 Å². The van der Waals surface area contributed by atoms with E-state index in [0.717, 1.165) is 38.1 Å². The predicted molar refractivity (Wildman–Crippen MR) is 73.8 cm³/mol. The third kappa shape index (κ3) is 4.22. The number of hydrogen-bond donors (Lipinski definition) is 1. The van der Waals surface area contributed by atoms with Crippen LogP contribution in [0.4, 0.5) is 0 Å². The van der Waals surface area contributed by atoms with Gasteiger partial charge in [-0.05, 0) is 37.5 Å². The molecule has 0 aromatic rings. The van der Waals surface area contributed by atoms with Crippen molar-refractivity contribution in [2.75, 3.05) is 33.4 Å². The zero-order chi connectivity index (χ0) is 12.6. The maximum absolute atomic E-state index is 6.12. The van der Waals surface area contributed by atoms with Gasteiger partial charge in [-0.15, -0.1) is 0 Å². The number of rotatable bonds is 6. The lowest BCUT2D eigenvalue weighted by Gasteiger charge is -2.39. The van der Waals surface area contributed by atoms with Crippen LogP contribution >= 0.6 is 0 Å². The topological polar surface area (TPSA) is 30.5 Å². The van der Waals surface area contributed by atoms with Crippen LogP contribution in [0, 0.1) is 11.8 Å². The highest BCUT2D eigenvalue weighted by molar-refractivity contribution is 4.84.